The minimum Gasteiger partial charge on any atom is -0.326 e. The summed E-state index contributed by atoms with van der Waals surface area (Å²) in [6, 6.07) is 12.7. The Morgan fingerprint density at radius 1 is 1.06 bits per heavy atom. The van der Waals surface area contributed by atoms with Crippen molar-refractivity contribution in [3.05, 3.63) is 53.2 Å². The van der Waals surface area contributed by atoms with E-state index < -0.39 is 0 Å². The van der Waals surface area contributed by atoms with Crippen LogP contribution < -0.4 is 5.73 Å². The maximum Gasteiger partial charge on any atom is 0.0705 e. The third-order valence-corrected chi connectivity index (χ3v) is 3.29. The molecule has 0 saturated heterocycles. The molecule has 1 heterocycles. The van der Waals surface area contributed by atoms with Gasteiger partial charge in [-0.3, -0.25) is 4.98 Å². The van der Waals surface area contributed by atoms with E-state index in [2.05, 4.69) is 49.2 Å². The van der Waals surface area contributed by atoms with E-state index in [0.717, 1.165) is 22.5 Å². The number of rotatable bonds is 3. The quantitative estimate of drug-likeness (QED) is 0.889. The van der Waals surface area contributed by atoms with E-state index in [1.165, 1.54) is 5.56 Å². The third kappa shape index (κ3) is 2.59. The monoisotopic (exact) mass is 240 g/mol. The summed E-state index contributed by atoms with van der Waals surface area (Å²) in [5.74, 6) is 0.563. The average Bonchev–Trinajstić information content (AvgIpc) is 2.38. The largest absolute Gasteiger partial charge is 0.326 e. The van der Waals surface area contributed by atoms with Gasteiger partial charge in [-0.1, -0.05) is 44.2 Å². The summed E-state index contributed by atoms with van der Waals surface area (Å²) in [6.45, 7) is 6.96. The molecule has 94 valence electrons. The van der Waals surface area contributed by atoms with Crippen LogP contribution in [0, 0.1) is 6.92 Å². The molecule has 0 spiro atoms. The minimum atomic E-state index is 0.547. The van der Waals surface area contributed by atoms with Gasteiger partial charge >= 0.3 is 0 Å². The zero-order chi connectivity index (χ0) is 13.1. The molecular weight excluding hydrogens is 220 g/mol. The normalized spacial score (nSPS) is 10.9. The summed E-state index contributed by atoms with van der Waals surface area (Å²) in [6.07, 6.45) is 0. The van der Waals surface area contributed by atoms with E-state index in [1.807, 2.05) is 13.0 Å². The zero-order valence-electron chi connectivity index (χ0n) is 11.3. The maximum absolute atomic E-state index is 5.65. The molecular formula is C16H20N2. The van der Waals surface area contributed by atoms with Crippen molar-refractivity contribution in [1.82, 2.24) is 4.98 Å². The minimum absolute atomic E-state index is 0.547. The Kier molecular flexibility index (Phi) is 3.78. The van der Waals surface area contributed by atoms with Crippen LogP contribution in [0.4, 0.5) is 0 Å². The van der Waals surface area contributed by atoms with Crippen LogP contribution in [0.3, 0.4) is 0 Å². The van der Waals surface area contributed by atoms with Gasteiger partial charge in [0.15, 0.2) is 0 Å². The van der Waals surface area contributed by atoms with E-state index in [9.17, 15) is 0 Å². The number of nitrogens with zero attached hydrogens (tertiary/aromatic N) is 1. The highest BCUT2D eigenvalue weighted by Crippen LogP contribution is 2.22. The van der Waals surface area contributed by atoms with E-state index in [4.69, 9.17) is 5.73 Å². The Morgan fingerprint density at radius 3 is 2.22 bits per heavy atom. The first-order valence-corrected chi connectivity index (χ1v) is 6.38. The molecule has 0 bridgehead atoms. The predicted octanol–water partition coefficient (Wildman–Crippen LogP) is 3.64. The number of aromatic nitrogens is 1. The van der Waals surface area contributed by atoms with Crippen LogP contribution in [0.25, 0.3) is 11.3 Å². The van der Waals surface area contributed by atoms with Crippen LogP contribution in [0.2, 0.25) is 0 Å². The molecule has 2 rings (SSSR count). The van der Waals surface area contributed by atoms with Crippen LogP contribution in [-0.4, -0.2) is 4.98 Å². The Balaban J connectivity index is 2.34. The first-order chi connectivity index (χ1) is 8.61. The van der Waals surface area contributed by atoms with Gasteiger partial charge in [0.25, 0.3) is 0 Å². The van der Waals surface area contributed by atoms with Crippen LogP contribution in [0.15, 0.2) is 36.4 Å². The van der Waals surface area contributed by atoms with Crippen molar-refractivity contribution in [3.63, 3.8) is 0 Å². The van der Waals surface area contributed by atoms with Gasteiger partial charge in [-0.15, -0.1) is 0 Å². The highest BCUT2D eigenvalue weighted by molar-refractivity contribution is 5.60. The second kappa shape index (κ2) is 5.32. The number of aryl methyl sites for hydroxylation is 1. The number of benzene rings is 1. The molecule has 2 heteroatoms. The number of hydrogen-bond donors (Lipinski definition) is 1. The van der Waals surface area contributed by atoms with E-state index in [0.29, 0.717) is 12.5 Å². The van der Waals surface area contributed by atoms with Crippen LogP contribution in [0.5, 0.6) is 0 Å². The average molecular weight is 240 g/mol. The van der Waals surface area contributed by atoms with Gasteiger partial charge in [0.2, 0.25) is 0 Å². The van der Waals surface area contributed by atoms with Crippen LogP contribution >= 0.6 is 0 Å². The first kappa shape index (κ1) is 12.8. The lowest BCUT2D eigenvalue weighted by atomic mass is 10.0. The third-order valence-electron chi connectivity index (χ3n) is 3.29. The molecule has 0 aliphatic rings. The fourth-order valence-corrected chi connectivity index (χ4v) is 2.01. The molecule has 0 aliphatic carbocycles. The maximum atomic E-state index is 5.65. The van der Waals surface area contributed by atoms with Gasteiger partial charge in [0.05, 0.1) is 5.69 Å². The Morgan fingerprint density at radius 2 is 1.72 bits per heavy atom. The van der Waals surface area contributed by atoms with Crippen molar-refractivity contribution >= 4 is 0 Å². The lowest BCUT2D eigenvalue weighted by molar-refractivity contribution is 0.867. The van der Waals surface area contributed by atoms with Crippen molar-refractivity contribution in [2.45, 2.75) is 33.2 Å². The van der Waals surface area contributed by atoms with Crippen LogP contribution in [-0.2, 0) is 6.54 Å². The van der Waals surface area contributed by atoms with E-state index >= 15 is 0 Å². The highest BCUT2D eigenvalue weighted by Gasteiger charge is 2.04. The molecule has 0 aliphatic heterocycles. The molecule has 0 fully saturated rings. The van der Waals surface area contributed by atoms with Gasteiger partial charge in [0, 0.05) is 17.8 Å². The van der Waals surface area contributed by atoms with Crippen LogP contribution in [0.1, 0.15) is 36.6 Å². The zero-order valence-corrected chi connectivity index (χ0v) is 11.3. The molecule has 1 aromatic heterocycles. The Labute approximate surface area is 109 Å². The van der Waals surface area contributed by atoms with Crippen molar-refractivity contribution in [3.8, 4) is 11.3 Å². The number of nitrogens with two attached hydrogens (primary N) is 1. The molecule has 2 N–H and O–H groups in total. The highest BCUT2D eigenvalue weighted by atomic mass is 14.7. The lowest BCUT2D eigenvalue weighted by Crippen LogP contribution is -2.01. The predicted molar refractivity (Wildman–Crippen MR) is 76.4 cm³/mol. The summed E-state index contributed by atoms with van der Waals surface area (Å²) >= 11 is 0. The standard InChI is InChI=1S/C16H20N2/c1-11(2)13-4-6-14(7-5-13)16-9-8-15(10-17)12(3)18-16/h4-9,11H,10,17H2,1-3H3. The summed E-state index contributed by atoms with van der Waals surface area (Å²) < 4.78 is 0. The topological polar surface area (TPSA) is 38.9 Å². The molecule has 1 aromatic carbocycles. The first-order valence-electron chi connectivity index (χ1n) is 6.38. The summed E-state index contributed by atoms with van der Waals surface area (Å²) in [5, 5.41) is 0. The lowest BCUT2D eigenvalue weighted by Gasteiger charge is -2.08. The van der Waals surface area contributed by atoms with Gasteiger partial charge in [-0.25, -0.2) is 0 Å². The molecule has 0 saturated carbocycles. The van der Waals surface area contributed by atoms with Gasteiger partial charge < -0.3 is 5.73 Å². The van der Waals surface area contributed by atoms with Gasteiger partial charge in [0.1, 0.15) is 0 Å². The van der Waals surface area contributed by atoms with E-state index in [1.54, 1.807) is 0 Å². The second-order valence-corrected chi connectivity index (χ2v) is 4.92. The molecule has 0 unspecified atom stereocenters. The van der Waals surface area contributed by atoms with Crippen molar-refractivity contribution < 1.29 is 0 Å². The molecule has 18 heavy (non-hydrogen) atoms. The fourth-order valence-electron chi connectivity index (χ4n) is 2.01. The Hall–Kier alpha value is -1.67. The molecule has 2 aromatic rings. The summed E-state index contributed by atoms with van der Waals surface area (Å²) in [7, 11) is 0. The number of pyridine rings is 1. The summed E-state index contributed by atoms with van der Waals surface area (Å²) in [5.41, 5.74) is 11.3. The molecule has 0 atom stereocenters. The van der Waals surface area contributed by atoms with Gasteiger partial charge in [-0.2, -0.15) is 0 Å². The smallest absolute Gasteiger partial charge is 0.0705 e. The molecule has 0 radical (unpaired) electrons. The summed E-state index contributed by atoms with van der Waals surface area (Å²) in [4.78, 5) is 4.61. The molecule has 2 nitrogen and oxygen atoms in total. The van der Waals surface area contributed by atoms with Crippen molar-refractivity contribution in [1.29, 1.82) is 0 Å². The SMILES string of the molecule is Cc1nc(-c2ccc(C(C)C)cc2)ccc1CN. The Bertz CT molecular complexity index is 527. The van der Waals surface area contributed by atoms with E-state index in [-0.39, 0.29) is 0 Å². The van der Waals surface area contributed by atoms with Gasteiger partial charge in [-0.05, 0) is 30.0 Å². The van der Waals surface area contributed by atoms with Crippen molar-refractivity contribution in [2.75, 3.05) is 0 Å². The van der Waals surface area contributed by atoms with Crippen molar-refractivity contribution in [2.24, 2.45) is 5.73 Å². The fraction of sp³-hybridized carbons (Fsp3) is 0.312. The molecule has 0 amide bonds. The number of hydrogen-bond acceptors (Lipinski definition) is 2. The second-order valence-electron chi connectivity index (χ2n) is 4.92.